The van der Waals surface area contributed by atoms with Crippen molar-refractivity contribution in [2.45, 2.75) is 18.2 Å². The molecule has 0 heterocycles. The maximum atomic E-state index is 14.1. The molecule has 1 nitrogen and oxygen atoms in total. The fourth-order valence-electron chi connectivity index (χ4n) is 1.90. The highest BCUT2D eigenvalue weighted by molar-refractivity contribution is 9.10. The molecule has 0 aliphatic carbocycles. The summed E-state index contributed by atoms with van der Waals surface area (Å²) in [4.78, 5) is -0.271. The Labute approximate surface area is 145 Å². The minimum absolute atomic E-state index is 0.124. The number of halogens is 4. The van der Waals surface area contributed by atoms with E-state index in [1.807, 2.05) is 18.2 Å². The van der Waals surface area contributed by atoms with Crippen LogP contribution in [0, 0.1) is 5.82 Å². The van der Waals surface area contributed by atoms with Gasteiger partial charge in [0, 0.05) is 5.56 Å². The summed E-state index contributed by atoms with van der Waals surface area (Å²) in [7, 11) is 0. The van der Waals surface area contributed by atoms with Gasteiger partial charge in [0.2, 0.25) is 0 Å². The van der Waals surface area contributed by atoms with Gasteiger partial charge in [-0.15, -0.1) is 0 Å². The van der Waals surface area contributed by atoms with Crippen LogP contribution in [-0.2, 0) is 0 Å². The average Bonchev–Trinajstić information content (AvgIpc) is 2.48. The van der Waals surface area contributed by atoms with Gasteiger partial charge in [-0.2, -0.15) is 0 Å². The van der Waals surface area contributed by atoms with Crippen molar-refractivity contribution < 1.29 is 9.13 Å². The molecule has 0 saturated carbocycles. The molecule has 21 heavy (non-hydrogen) atoms. The third-order valence-electron chi connectivity index (χ3n) is 2.96. The summed E-state index contributed by atoms with van der Waals surface area (Å²) < 4.78 is 20.5. The molecule has 0 N–H and O–H groups in total. The molecular weight excluding hydrogens is 422 g/mol. The lowest BCUT2D eigenvalue weighted by Crippen LogP contribution is -1.99. The maximum Gasteiger partial charge on any atom is 0.146 e. The van der Waals surface area contributed by atoms with Crippen LogP contribution < -0.4 is 4.74 Å². The standard InChI is InChI=1S/C16H14Br2ClFO/c1-2-8-21-14-7-6-10(9-12(14)17)15(18)11-4-3-5-13(19)16(11)20/h3-7,9,15H,2,8H2,1H3. The van der Waals surface area contributed by atoms with E-state index in [0.717, 1.165) is 22.2 Å². The molecule has 2 rings (SSSR count). The van der Waals surface area contributed by atoms with Gasteiger partial charge in [0.05, 0.1) is 20.9 Å². The first kappa shape index (κ1) is 16.8. The molecule has 0 fully saturated rings. The Hall–Kier alpha value is -0.580. The monoisotopic (exact) mass is 434 g/mol. The van der Waals surface area contributed by atoms with E-state index >= 15 is 0 Å². The highest BCUT2D eigenvalue weighted by Crippen LogP contribution is 2.37. The number of alkyl halides is 1. The van der Waals surface area contributed by atoms with Crippen molar-refractivity contribution in [1.82, 2.24) is 0 Å². The highest BCUT2D eigenvalue weighted by Gasteiger charge is 2.17. The Morgan fingerprint density at radius 3 is 2.71 bits per heavy atom. The van der Waals surface area contributed by atoms with Crippen molar-refractivity contribution in [3.63, 3.8) is 0 Å². The van der Waals surface area contributed by atoms with Crippen molar-refractivity contribution >= 4 is 43.5 Å². The minimum atomic E-state index is -0.400. The van der Waals surface area contributed by atoms with E-state index in [2.05, 4.69) is 38.8 Å². The summed E-state index contributed by atoms with van der Waals surface area (Å²) >= 11 is 12.8. The van der Waals surface area contributed by atoms with Crippen molar-refractivity contribution in [2.75, 3.05) is 6.61 Å². The zero-order valence-electron chi connectivity index (χ0n) is 11.4. The van der Waals surface area contributed by atoms with Crippen LogP contribution in [0.1, 0.15) is 29.3 Å². The van der Waals surface area contributed by atoms with Crippen LogP contribution in [0.4, 0.5) is 4.39 Å². The molecular formula is C16H14Br2ClFO. The zero-order valence-corrected chi connectivity index (χ0v) is 15.3. The summed E-state index contributed by atoms with van der Waals surface area (Å²) in [5, 5.41) is 0.124. The zero-order chi connectivity index (χ0) is 15.4. The Morgan fingerprint density at radius 2 is 2.05 bits per heavy atom. The molecule has 112 valence electrons. The molecule has 5 heteroatoms. The van der Waals surface area contributed by atoms with Crippen LogP contribution in [0.15, 0.2) is 40.9 Å². The third-order valence-corrected chi connectivity index (χ3v) is 4.90. The van der Waals surface area contributed by atoms with Gasteiger partial charge < -0.3 is 4.74 Å². The van der Waals surface area contributed by atoms with Gasteiger partial charge in [0.25, 0.3) is 0 Å². The fraction of sp³-hybridized carbons (Fsp3) is 0.250. The molecule has 2 aromatic rings. The predicted molar refractivity (Wildman–Crippen MR) is 92.1 cm³/mol. The second-order valence-electron chi connectivity index (χ2n) is 4.54. The number of rotatable bonds is 5. The lowest BCUT2D eigenvalue weighted by Gasteiger charge is -2.14. The summed E-state index contributed by atoms with van der Waals surface area (Å²) in [6.07, 6.45) is 0.947. The van der Waals surface area contributed by atoms with Crippen molar-refractivity contribution in [2.24, 2.45) is 0 Å². The first-order valence-electron chi connectivity index (χ1n) is 6.54. The molecule has 0 spiro atoms. The molecule has 1 unspecified atom stereocenters. The predicted octanol–water partition coefficient (Wildman–Crippen LogP) is 6.51. The van der Waals surface area contributed by atoms with Crippen LogP contribution in [0.5, 0.6) is 5.75 Å². The lowest BCUT2D eigenvalue weighted by atomic mass is 10.0. The van der Waals surface area contributed by atoms with Gasteiger partial charge in [-0.3, -0.25) is 0 Å². The van der Waals surface area contributed by atoms with E-state index in [-0.39, 0.29) is 9.85 Å². The van der Waals surface area contributed by atoms with Crippen molar-refractivity contribution in [3.05, 3.63) is 62.8 Å². The molecule has 0 aromatic heterocycles. The lowest BCUT2D eigenvalue weighted by molar-refractivity contribution is 0.315. The maximum absolute atomic E-state index is 14.1. The van der Waals surface area contributed by atoms with E-state index in [9.17, 15) is 4.39 Å². The van der Waals surface area contributed by atoms with E-state index < -0.39 is 5.82 Å². The van der Waals surface area contributed by atoms with Gasteiger partial charge >= 0.3 is 0 Å². The second kappa shape index (κ2) is 7.61. The van der Waals surface area contributed by atoms with Gasteiger partial charge in [-0.1, -0.05) is 52.7 Å². The normalized spacial score (nSPS) is 12.2. The average molecular weight is 437 g/mol. The van der Waals surface area contributed by atoms with Crippen LogP contribution >= 0.6 is 43.5 Å². The Bertz CT molecular complexity index is 634. The van der Waals surface area contributed by atoms with Gasteiger partial charge in [-0.05, 0) is 46.1 Å². The summed E-state index contributed by atoms with van der Waals surface area (Å²) in [5.74, 6) is 0.385. The van der Waals surface area contributed by atoms with Crippen LogP contribution in [0.2, 0.25) is 5.02 Å². The Morgan fingerprint density at radius 1 is 1.29 bits per heavy atom. The van der Waals surface area contributed by atoms with Crippen LogP contribution in [0.3, 0.4) is 0 Å². The number of hydrogen-bond donors (Lipinski definition) is 0. The molecule has 0 amide bonds. The molecule has 0 aliphatic heterocycles. The van der Waals surface area contributed by atoms with Gasteiger partial charge in [0.15, 0.2) is 0 Å². The van der Waals surface area contributed by atoms with Crippen molar-refractivity contribution in [1.29, 1.82) is 0 Å². The molecule has 2 aromatic carbocycles. The Balaban J connectivity index is 2.29. The fourth-order valence-corrected chi connectivity index (χ4v) is 3.23. The first-order chi connectivity index (χ1) is 10.0. The minimum Gasteiger partial charge on any atom is -0.492 e. The number of benzene rings is 2. The summed E-state index contributed by atoms with van der Waals surface area (Å²) in [6, 6.07) is 10.7. The van der Waals surface area contributed by atoms with E-state index in [4.69, 9.17) is 16.3 Å². The Kier molecular flexibility index (Phi) is 6.08. The number of hydrogen-bond acceptors (Lipinski definition) is 1. The molecule has 0 bridgehead atoms. The van der Waals surface area contributed by atoms with E-state index in [1.165, 1.54) is 6.07 Å². The quantitative estimate of drug-likeness (QED) is 0.485. The summed E-state index contributed by atoms with van der Waals surface area (Å²) in [5.41, 5.74) is 1.43. The van der Waals surface area contributed by atoms with Crippen LogP contribution in [-0.4, -0.2) is 6.61 Å². The van der Waals surface area contributed by atoms with Gasteiger partial charge in [0.1, 0.15) is 11.6 Å². The van der Waals surface area contributed by atoms with E-state index in [1.54, 1.807) is 12.1 Å². The van der Waals surface area contributed by atoms with Crippen molar-refractivity contribution in [3.8, 4) is 5.75 Å². The van der Waals surface area contributed by atoms with Crippen LogP contribution in [0.25, 0.3) is 0 Å². The first-order valence-corrected chi connectivity index (χ1v) is 8.63. The smallest absolute Gasteiger partial charge is 0.146 e. The second-order valence-corrected chi connectivity index (χ2v) is 6.72. The molecule has 1 atom stereocenters. The highest BCUT2D eigenvalue weighted by atomic mass is 79.9. The third kappa shape index (κ3) is 3.99. The molecule has 0 aliphatic rings. The largest absolute Gasteiger partial charge is 0.492 e. The summed E-state index contributed by atoms with van der Waals surface area (Å²) in [6.45, 7) is 2.72. The number of ether oxygens (including phenoxy) is 1. The van der Waals surface area contributed by atoms with E-state index in [0.29, 0.717) is 12.2 Å². The SMILES string of the molecule is CCCOc1ccc(C(Br)c2cccc(Cl)c2F)cc1Br. The molecule has 0 radical (unpaired) electrons. The molecule has 0 saturated heterocycles. The topological polar surface area (TPSA) is 9.23 Å². The van der Waals surface area contributed by atoms with Gasteiger partial charge in [-0.25, -0.2) is 4.39 Å².